The molecule has 0 saturated carbocycles. The molecule has 0 radical (unpaired) electrons. The van der Waals surface area contributed by atoms with Crippen LogP contribution in [0.25, 0.3) is 11.5 Å². The van der Waals surface area contributed by atoms with E-state index >= 15 is 0 Å². The first kappa shape index (κ1) is 20.7. The number of ketones is 1. The van der Waals surface area contributed by atoms with Crippen molar-refractivity contribution in [2.24, 2.45) is 0 Å². The third kappa shape index (κ3) is 3.71. The predicted octanol–water partition coefficient (Wildman–Crippen LogP) is 1.33. The molecule has 10 nitrogen and oxygen atoms in total. The highest BCUT2D eigenvalue weighted by molar-refractivity contribution is 6.38. The van der Waals surface area contributed by atoms with Gasteiger partial charge in [-0.15, -0.1) is 0 Å². The van der Waals surface area contributed by atoms with Gasteiger partial charge >= 0.3 is 0 Å². The molecule has 2 aliphatic rings. The molecule has 1 atom stereocenters. The Morgan fingerprint density at radius 2 is 1.76 bits per heavy atom. The Morgan fingerprint density at radius 3 is 2.45 bits per heavy atom. The average Bonchev–Trinajstić information content (AvgIpc) is 3.55. The van der Waals surface area contributed by atoms with E-state index in [0.29, 0.717) is 18.7 Å². The van der Waals surface area contributed by atoms with Gasteiger partial charge in [-0.25, -0.2) is 9.37 Å². The number of fused-ring (bicyclic) bond motifs is 1. The highest BCUT2D eigenvalue weighted by atomic mass is 19.1. The number of nitrogens with one attached hydrogen (secondary N) is 1. The first-order valence-electron chi connectivity index (χ1n) is 10.4. The minimum Gasteiger partial charge on any atom is -0.382 e. The van der Waals surface area contributed by atoms with Crippen molar-refractivity contribution in [3.05, 3.63) is 59.9 Å². The van der Waals surface area contributed by atoms with Crippen molar-refractivity contribution < 1.29 is 23.3 Å². The van der Waals surface area contributed by atoms with E-state index in [0.717, 1.165) is 12.6 Å². The van der Waals surface area contributed by atoms with Crippen LogP contribution in [0.2, 0.25) is 0 Å². The first-order chi connectivity index (χ1) is 16.0. The van der Waals surface area contributed by atoms with Gasteiger partial charge in [-0.3, -0.25) is 14.4 Å². The summed E-state index contributed by atoms with van der Waals surface area (Å²) < 4.78 is 19.4. The van der Waals surface area contributed by atoms with Crippen LogP contribution in [0.15, 0.2) is 47.4 Å². The molecule has 1 N–H and O–H groups in total. The molecule has 5 rings (SSSR count). The van der Waals surface area contributed by atoms with Crippen LogP contribution in [-0.4, -0.2) is 75.2 Å². The molecule has 168 valence electrons. The van der Waals surface area contributed by atoms with Gasteiger partial charge in [-0.1, -0.05) is 23.4 Å². The number of hydrogen-bond donors (Lipinski definition) is 1. The highest BCUT2D eigenvalue weighted by Gasteiger charge is 2.40. The van der Waals surface area contributed by atoms with Gasteiger partial charge in [0.05, 0.1) is 17.8 Å². The number of nitrogens with zero attached hydrogens (tertiary/aromatic N) is 5. The molecular formula is C22H19FN6O4. The number of rotatable bonds is 4. The topological polar surface area (TPSA) is 122 Å². The van der Waals surface area contributed by atoms with Gasteiger partial charge in [0.15, 0.2) is 0 Å². The van der Waals surface area contributed by atoms with Crippen LogP contribution in [0.5, 0.6) is 0 Å². The van der Waals surface area contributed by atoms with Crippen LogP contribution in [-0.2, 0) is 9.59 Å². The number of aromatic nitrogens is 3. The van der Waals surface area contributed by atoms with E-state index in [9.17, 15) is 18.8 Å². The van der Waals surface area contributed by atoms with E-state index in [1.54, 1.807) is 29.2 Å². The molecule has 0 aliphatic carbocycles. The summed E-state index contributed by atoms with van der Waals surface area (Å²) in [6, 6.07) is 8.88. The molecule has 0 bridgehead atoms. The Morgan fingerprint density at radius 1 is 1.03 bits per heavy atom. The van der Waals surface area contributed by atoms with E-state index in [1.165, 1.54) is 4.90 Å². The van der Waals surface area contributed by atoms with Crippen LogP contribution in [0, 0.1) is 5.82 Å². The zero-order valence-corrected chi connectivity index (χ0v) is 17.4. The van der Waals surface area contributed by atoms with E-state index in [1.807, 2.05) is 6.07 Å². The van der Waals surface area contributed by atoms with Crippen LogP contribution in [0.1, 0.15) is 21.8 Å². The third-order valence-corrected chi connectivity index (χ3v) is 5.88. The fraction of sp³-hybridized carbons (Fsp3) is 0.273. The van der Waals surface area contributed by atoms with Crippen molar-refractivity contribution in [2.45, 2.75) is 5.92 Å². The number of halogens is 1. The lowest BCUT2D eigenvalue weighted by atomic mass is 9.95. The second-order valence-corrected chi connectivity index (χ2v) is 7.75. The monoisotopic (exact) mass is 450 g/mol. The van der Waals surface area contributed by atoms with Crippen molar-refractivity contribution in [3.63, 3.8) is 0 Å². The lowest BCUT2D eigenvalue weighted by molar-refractivity contribution is -0.146. The van der Waals surface area contributed by atoms with Crippen molar-refractivity contribution in [3.8, 4) is 11.5 Å². The molecule has 2 aliphatic heterocycles. The van der Waals surface area contributed by atoms with E-state index in [-0.39, 0.29) is 48.3 Å². The lowest BCUT2D eigenvalue weighted by Crippen LogP contribution is -2.52. The average molecular weight is 450 g/mol. The van der Waals surface area contributed by atoms with Crippen molar-refractivity contribution in [1.82, 2.24) is 24.9 Å². The van der Waals surface area contributed by atoms with Gasteiger partial charge in [-0.05, 0) is 12.1 Å². The maximum absolute atomic E-state index is 14.6. The van der Waals surface area contributed by atoms with Gasteiger partial charge < -0.3 is 19.6 Å². The second-order valence-electron chi connectivity index (χ2n) is 7.75. The van der Waals surface area contributed by atoms with Crippen molar-refractivity contribution in [2.75, 3.05) is 38.0 Å². The standard InChI is InChI=1S/C22H19FN6O4/c23-15-11-25-18(20-26-12-33-27-20)17-16(15)14(10-24-17)19(30)22(32)29-8-6-28(7-9-29)21(31)13-4-2-1-3-5-13/h1-5,11-12,14,24H,6-10H2. The summed E-state index contributed by atoms with van der Waals surface area (Å²) in [6.45, 7) is 1.13. The molecule has 1 aromatic carbocycles. The number of anilines is 1. The summed E-state index contributed by atoms with van der Waals surface area (Å²) in [6.07, 6.45) is 2.10. The van der Waals surface area contributed by atoms with Crippen molar-refractivity contribution >= 4 is 23.3 Å². The lowest BCUT2D eigenvalue weighted by Gasteiger charge is -2.34. The summed E-state index contributed by atoms with van der Waals surface area (Å²) in [4.78, 5) is 49.6. The summed E-state index contributed by atoms with van der Waals surface area (Å²) in [5.41, 5.74) is 1.17. The Kier molecular flexibility index (Phi) is 5.29. The Labute approximate surface area is 187 Å². The van der Waals surface area contributed by atoms with Crippen LogP contribution >= 0.6 is 0 Å². The van der Waals surface area contributed by atoms with E-state index in [2.05, 4.69) is 20.4 Å². The van der Waals surface area contributed by atoms with Gasteiger partial charge in [0, 0.05) is 43.9 Å². The maximum atomic E-state index is 14.6. The number of hydrogen-bond acceptors (Lipinski definition) is 8. The van der Waals surface area contributed by atoms with Gasteiger partial charge in [0.1, 0.15) is 11.5 Å². The number of pyridine rings is 1. The van der Waals surface area contributed by atoms with E-state index < -0.39 is 23.4 Å². The van der Waals surface area contributed by atoms with Gasteiger partial charge in [0.25, 0.3) is 11.8 Å². The fourth-order valence-electron chi connectivity index (χ4n) is 4.18. The maximum Gasteiger partial charge on any atom is 0.290 e. The Bertz CT molecular complexity index is 1210. The zero-order valence-electron chi connectivity index (χ0n) is 17.4. The number of carbonyl (C=O) groups is 3. The summed E-state index contributed by atoms with van der Waals surface area (Å²) in [7, 11) is 0. The van der Waals surface area contributed by atoms with Crippen molar-refractivity contribution in [1.29, 1.82) is 0 Å². The van der Waals surface area contributed by atoms with Crippen LogP contribution < -0.4 is 5.32 Å². The Hall–Kier alpha value is -4.15. The van der Waals surface area contributed by atoms with Gasteiger partial charge in [0.2, 0.25) is 18.0 Å². The number of amides is 2. The summed E-state index contributed by atoms with van der Waals surface area (Å²) >= 11 is 0. The zero-order chi connectivity index (χ0) is 22.9. The number of piperazine rings is 1. The quantitative estimate of drug-likeness (QED) is 0.591. The molecule has 3 aromatic rings. The number of carbonyl (C=O) groups excluding carboxylic acids is 3. The SMILES string of the molecule is O=C(C(=O)N1CCN(C(=O)c2ccccc2)CC1)C1CNc2c(-c3ncon3)ncc(F)c21. The molecule has 1 unspecified atom stereocenters. The minimum atomic E-state index is -0.995. The molecule has 11 heteroatoms. The molecule has 2 aromatic heterocycles. The molecule has 1 fully saturated rings. The number of Topliss-reactive ketones (excluding diaryl/α,β-unsaturated/α-hetero) is 1. The normalized spacial score (nSPS) is 17.4. The molecule has 4 heterocycles. The Balaban J connectivity index is 1.29. The first-order valence-corrected chi connectivity index (χ1v) is 10.4. The van der Waals surface area contributed by atoms with Crippen LogP contribution in [0.4, 0.5) is 10.1 Å². The predicted molar refractivity (Wildman–Crippen MR) is 113 cm³/mol. The highest BCUT2D eigenvalue weighted by Crippen LogP contribution is 2.39. The molecule has 2 amide bonds. The smallest absolute Gasteiger partial charge is 0.290 e. The van der Waals surface area contributed by atoms with Gasteiger partial charge in [-0.2, -0.15) is 4.98 Å². The second kappa shape index (κ2) is 8.41. The summed E-state index contributed by atoms with van der Waals surface area (Å²) in [5.74, 6) is -3.06. The summed E-state index contributed by atoms with van der Waals surface area (Å²) in [5, 5.41) is 6.67. The molecular weight excluding hydrogens is 431 g/mol. The number of benzene rings is 1. The minimum absolute atomic E-state index is 0.0554. The van der Waals surface area contributed by atoms with Crippen LogP contribution in [0.3, 0.4) is 0 Å². The third-order valence-electron chi connectivity index (χ3n) is 5.88. The molecule has 33 heavy (non-hydrogen) atoms. The fourth-order valence-corrected chi connectivity index (χ4v) is 4.18. The van der Waals surface area contributed by atoms with E-state index in [4.69, 9.17) is 4.52 Å². The molecule has 1 saturated heterocycles. The molecule has 0 spiro atoms. The largest absolute Gasteiger partial charge is 0.382 e.